The lowest BCUT2D eigenvalue weighted by atomic mass is 10.1. The Kier molecular flexibility index (Phi) is 6.10. The van der Waals surface area contributed by atoms with Gasteiger partial charge in [-0.15, -0.1) is 0 Å². The van der Waals surface area contributed by atoms with E-state index < -0.39 is 0 Å². The maximum atomic E-state index is 12.7. The summed E-state index contributed by atoms with van der Waals surface area (Å²) in [4.78, 5) is 41.6. The van der Waals surface area contributed by atoms with Crippen LogP contribution in [0.5, 0.6) is 0 Å². The Bertz CT molecular complexity index is 1370. The van der Waals surface area contributed by atoms with E-state index in [9.17, 15) is 9.59 Å². The van der Waals surface area contributed by atoms with Crippen molar-refractivity contribution in [1.29, 1.82) is 0 Å². The minimum absolute atomic E-state index is 0.0791. The highest BCUT2D eigenvalue weighted by Crippen LogP contribution is 2.25. The number of nitrogens with zero attached hydrogens (tertiary/aromatic N) is 5. The summed E-state index contributed by atoms with van der Waals surface area (Å²) >= 11 is 0. The van der Waals surface area contributed by atoms with E-state index in [-0.39, 0.29) is 23.7 Å². The molecule has 1 unspecified atom stereocenters. The lowest BCUT2D eigenvalue weighted by Gasteiger charge is -2.24. The van der Waals surface area contributed by atoms with Crippen LogP contribution in [0.2, 0.25) is 0 Å². The van der Waals surface area contributed by atoms with Crippen molar-refractivity contribution in [3.05, 3.63) is 78.9 Å². The molecule has 176 valence electrons. The lowest BCUT2D eigenvalue weighted by Crippen LogP contribution is -2.37. The lowest BCUT2D eigenvalue weighted by molar-refractivity contribution is -0.129. The van der Waals surface area contributed by atoms with Gasteiger partial charge in [0.15, 0.2) is 0 Å². The number of anilines is 2. The Balaban J connectivity index is 1.27. The average Bonchev–Trinajstić information content (AvgIpc) is 3.39. The van der Waals surface area contributed by atoms with Crippen molar-refractivity contribution in [2.75, 3.05) is 30.4 Å². The van der Waals surface area contributed by atoms with Crippen LogP contribution in [0.25, 0.3) is 22.0 Å². The van der Waals surface area contributed by atoms with E-state index in [2.05, 4.69) is 20.2 Å². The fraction of sp³-hybridized carbons (Fsp3) is 0.222. The third kappa shape index (κ3) is 4.82. The van der Waals surface area contributed by atoms with Crippen LogP contribution in [0, 0.1) is 0 Å². The van der Waals surface area contributed by atoms with E-state index >= 15 is 0 Å². The van der Waals surface area contributed by atoms with Crippen molar-refractivity contribution < 1.29 is 9.59 Å². The smallest absolute Gasteiger partial charge is 0.293 e. The van der Waals surface area contributed by atoms with Crippen molar-refractivity contribution in [2.45, 2.75) is 19.4 Å². The molecule has 2 amide bonds. The Morgan fingerprint density at radius 3 is 2.51 bits per heavy atom. The molecule has 1 aliphatic heterocycles. The molecule has 1 N–H and O–H groups in total. The molecule has 0 spiro atoms. The van der Waals surface area contributed by atoms with Gasteiger partial charge in [-0.25, -0.2) is 15.0 Å². The van der Waals surface area contributed by atoms with Crippen LogP contribution in [0.4, 0.5) is 11.5 Å². The number of fused-ring (bicyclic) bond motifs is 1. The molecule has 2 aromatic carbocycles. The summed E-state index contributed by atoms with van der Waals surface area (Å²) in [6.45, 7) is 3.23. The van der Waals surface area contributed by atoms with Crippen molar-refractivity contribution in [3.8, 4) is 11.1 Å². The molecular weight excluding hydrogens is 440 g/mol. The van der Waals surface area contributed by atoms with Gasteiger partial charge in [-0.05, 0) is 42.3 Å². The van der Waals surface area contributed by atoms with Gasteiger partial charge in [-0.2, -0.15) is 0 Å². The molecule has 5 rings (SSSR count). The quantitative estimate of drug-likeness (QED) is 0.478. The largest absolute Gasteiger partial charge is 0.354 e. The number of pyridine rings is 1. The number of benzene rings is 2. The topological polar surface area (TPSA) is 91.3 Å². The van der Waals surface area contributed by atoms with E-state index in [1.54, 1.807) is 24.2 Å². The standard InChI is InChI=1S/C27H26N6O2/c1-18(34)32(2)23-12-13-33(17-23)25-11-8-20-14-22(9-10-24(20)31-25)30-27(35)26-28-15-21(16-29-26)19-6-4-3-5-7-19/h3-11,14-16,23H,12-13,17H2,1-2H3,(H,30,35). The maximum Gasteiger partial charge on any atom is 0.293 e. The number of carbonyl (C=O) groups is 2. The summed E-state index contributed by atoms with van der Waals surface area (Å²) in [5, 5.41) is 3.79. The molecule has 35 heavy (non-hydrogen) atoms. The number of amides is 2. The molecule has 1 saturated heterocycles. The summed E-state index contributed by atoms with van der Waals surface area (Å²) in [7, 11) is 1.85. The van der Waals surface area contributed by atoms with Crippen LogP contribution >= 0.6 is 0 Å². The van der Waals surface area contributed by atoms with Gasteiger partial charge in [0.05, 0.1) is 11.6 Å². The molecule has 0 saturated carbocycles. The first-order chi connectivity index (χ1) is 17.0. The zero-order valence-corrected chi connectivity index (χ0v) is 19.7. The first-order valence-electron chi connectivity index (χ1n) is 11.6. The second-order valence-corrected chi connectivity index (χ2v) is 8.71. The van der Waals surface area contributed by atoms with Crippen molar-refractivity contribution >= 4 is 34.2 Å². The normalized spacial score (nSPS) is 15.3. The van der Waals surface area contributed by atoms with Crippen molar-refractivity contribution in [2.24, 2.45) is 0 Å². The number of likely N-dealkylation sites (N-methyl/N-ethyl adjacent to an activating group) is 1. The Morgan fingerprint density at radius 2 is 1.77 bits per heavy atom. The number of aromatic nitrogens is 3. The van der Waals surface area contributed by atoms with Gasteiger partial charge < -0.3 is 15.1 Å². The Hall–Kier alpha value is -4.33. The molecule has 8 nitrogen and oxygen atoms in total. The second-order valence-electron chi connectivity index (χ2n) is 8.71. The molecule has 1 fully saturated rings. The molecule has 1 atom stereocenters. The van der Waals surface area contributed by atoms with Gasteiger partial charge in [0.1, 0.15) is 5.82 Å². The van der Waals surface area contributed by atoms with E-state index in [0.29, 0.717) is 5.69 Å². The Morgan fingerprint density at radius 1 is 1.00 bits per heavy atom. The van der Waals surface area contributed by atoms with Gasteiger partial charge in [0.25, 0.3) is 5.91 Å². The molecule has 0 aliphatic carbocycles. The van der Waals surface area contributed by atoms with Gasteiger partial charge >= 0.3 is 0 Å². The van der Waals surface area contributed by atoms with Crippen LogP contribution in [0.3, 0.4) is 0 Å². The van der Waals surface area contributed by atoms with Crippen LogP contribution in [0.15, 0.2) is 73.1 Å². The van der Waals surface area contributed by atoms with Gasteiger partial charge in [0.2, 0.25) is 11.7 Å². The number of rotatable bonds is 5. The molecule has 3 heterocycles. The Labute approximate surface area is 203 Å². The van der Waals surface area contributed by atoms with Gasteiger partial charge in [-0.3, -0.25) is 9.59 Å². The summed E-state index contributed by atoms with van der Waals surface area (Å²) < 4.78 is 0. The first kappa shape index (κ1) is 22.5. The van der Waals surface area contributed by atoms with Crippen LogP contribution in [-0.4, -0.2) is 57.8 Å². The van der Waals surface area contributed by atoms with Crippen LogP contribution in [-0.2, 0) is 4.79 Å². The third-order valence-corrected chi connectivity index (χ3v) is 6.43. The van der Waals surface area contributed by atoms with Gasteiger partial charge in [-0.1, -0.05) is 30.3 Å². The minimum Gasteiger partial charge on any atom is -0.354 e. The summed E-state index contributed by atoms with van der Waals surface area (Å²) in [5.41, 5.74) is 3.34. The number of hydrogen-bond donors (Lipinski definition) is 1. The molecule has 0 radical (unpaired) electrons. The highest BCUT2D eigenvalue weighted by molar-refractivity contribution is 6.02. The minimum atomic E-state index is -0.369. The third-order valence-electron chi connectivity index (χ3n) is 6.43. The van der Waals surface area contributed by atoms with Crippen molar-refractivity contribution in [3.63, 3.8) is 0 Å². The molecule has 4 aromatic rings. The summed E-state index contributed by atoms with van der Waals surface area (Å²) in [5.74, 6) is 0.708. The second kappa shape index (κ2) is 9.50. The molecule has 0 bridgehead atoms. The van der Waals surface area contributed by atoms with Gasteiger partial charge in [0, 0.05) is 56.1 Å². The van der Waals surface area contributed by atoms with Crippen LogP contribution < -0.4 is 10.2 Å². The first-order valence-corrected chi connectivity index (χ1v) is 11.6. The fourth-order valence-corrected chi connectivity index (χ4v) is 4.30. The average molecular weight is 467 g/mol. The van der Waals surface area contributed by atoms with E-state index in [1.165, 1.54) is 0 Å². The zero-order valence-electron chi connectivity index (χ0n) is 19.7. The van der Waals surface area contributed by atoms with E-state index in [4.69, 9.17) is 4.98 Å². The van der Waals surface area contributed by atoms with Crippen molar-refractivity contribution in [1.82, 2.24) is 19.9 Å². The fourth-order valence-electron chi connectivity index (χ4n) is 4.30. The van der Waals surface area contributed by atoms with E-state index in [0.717, 1.165) is 47.4 Å². The monoisotopic (exact) mass is 466 g/mol. The number of nitrogens with one attached hydrogen (secondary N) is 1. The summed E-state index contributed by atoms with van der Waals surface area (Å²) in [6, 6.07) is 19.6. The summed E-state index contributed by atoms with van der Waals surface area (Å²) in [6.07, 6.45) is 4.23. The van der Waals surface area contributed by atoms with Crippen LogP contribution in [0.1, 0.15) is 24.0 Å². The predicted molar refractivity (Wildman–Crippen MR) is 136 cm³/mol. The predicted octanol–water partition coefficient (Wildman–Crippen LogP) is 4.00. The number of carbonyl (C=O) groups excluding carboxylic acids is 2. The molecular formula is C27H26N6O2. The SMILES string of the molecule is CC(=O)N(C)C1CCN(c2ccc3cc(NC(=O)c4ncc(-c5ccccc5)cn4)ccc3n2)C1. The zero-order chi connectivity index (χ0) is 24.4. The number of hydrogen-bond acceptors (Lipinski definition) is 6. The highest BCUT2D eigenvalue weighted by atomic mass is 16.2. The van der Waals surface area contributed by atoms with E-state index in [1.807, 2.05) is 67.7 Å². The highest BCUT2D eigenvalue weighted by Gasteiger charge is 2.27. The molecule has 2 aromatic heterocycles. The maximum absolute atomic E-state index is 12.7. The molecule has 1 aliphatic rings. The molecule has 8 heteroatoms.